The lowest BCUT2D eigenvalue weighted by Gasteiger charge is -2.26. The molecule has 0 radical (unpaired) electrons. The molecule has 1 aromatic heterocycles. The molecule has 36 heavy (non-hydrogen) atoms. The molecule has 1 aliphatic rings. The highest BCUT2D eigenvalue weighted by molar-refractivity contribution is 7.89. The number of hydrogen-bond acceptors (Lipinski definition) is 8. The molecule has 188 valence electrons. The number of benzene rings is 2. The van der Waals surface area contributed by atoms with Gasteiger partial charge < -0.3 is 9.47 Å². The van der Waals surface area contributed by atoms with Gasteiger partial charge >= 0.3 is 5.97 Å². The molecule has 2 amide bonds. The van der Waals surface area contributed by atoms with Crippen molar-refractivity contribution in [3.8, 4) is 5.75 Å². The number of carbonyl (C=O) groups excluding carboxylic acids is 3. The van der Waals surface area contributed by atoms with E-state index < -0.39 is 33.8 Å². The fourth-order valence-electron chi connectivity index (χ4n) is 3.88. The molecule has 3 aromatic rings. The highest BCUT2D eigenvalue weighted by Crippen LogP contribution is 2.32. The average Bonchev–Trinajstić information content (AvgIpc) is 3.50. The van der Waals surface area contributed by atoms with Crippen LogP contribution in [0.1, 0.15) is 28.6 Å². The topological polar surface area (TPSA) is 110 Å². The Labute approximate surface area is 212 Å². The Balaban J connectivity index is 1.66. The molecule has 0 aliphatic carbocycles. The third-order valence-electron chi connectivity index (χ3n) is 5.66. The Morgan fingerprint density at radius 2 is 1.78 bits per heavy atom. The number of methoxy groups -OCH3 is 1. The maximum absolute atomic E-state index is 13.7. The van der Waals surface area contributed by atoms with Crippen molar-refractivity contribution in [1.82, 2.24) is 4.31 Å². The van der Waals surface area contributed by atoms with Gasteiger partial charge in [0.25, 0.3) is 5.91 Å². The number of ether oxygens (including phenoxy) is 2. The van der Waals surface area contributed by atoms with Crippen molar-refractivity contribution in [2.24, 2.45) is 0 Å². The van der Waals surface area contributed by atoms with Gasteiger partial charge in [-0.05, 0) is 66.9 Å². The largest absolute Gasteiger partial charge is 0.497 e. The lowest BCUT2D eigenvalue weighted by molar-refractivity contribution is -0.122. The summed E-state index contributed by atoms with van der Waals surface area (Å²) in [7, 11) is -2.67. The predicted molar refractivity (Wildman–Crippen MR) is 133 cm³/mol. The van der Waals surface area contributed by atoms with Gasteiger partial charge in [-0.15, -0.1) is 11.3 Å². The third-order valence-corrected chi connectivity index (χ3v) is 8.39. The molecule has 1 saturated heterocycles. The zero-order valence-electron chi connectivity index (χ0n) is 19.6. The van der Waals surface area contributed by atoms with E-state index in [-0.39, 0.29) is 35.7 Å². The molecule has 1 aliphatic heterocycles. The van der Waals surface area contributed by atoms with Crippen molar-refractivity contribution >= 4 is 44.8 Å². The van der Waals surface area contributed by atoms with Gasteiger partial charge in [0.2, 0.25) is 15.9 Å². The highest BCUT2D eigenvalue weighted by atomic mass is 32.2. The number of nitrogens with zero attached hydrogens (tertiary/aromatic N) is 2. The Morgan fingerprint density at radius 3 is 2.36 bits per heavy atom. The van der Waals surface area contributed by atoms with E-state index >= 15 is 0 Å². The molecular weight excluding hydrogens is 504 g/mol. The zero-order valence-corrected chi connectivity index (χ0v) is 21.3. The minimum absolute atomic E-state index is 0.0163. The van der Waals surface area contributed by atoms with E-state index in [2.05, 4.69) is 0 Å². The Bertz CT molecular complexity index is 1350. The van der Waals surface area contributed by atoms with Crippen LogP contribution in [0.15, 0.2) is 70.9 Å². The van der Waals surface area contributed by atoms with Gasteiger partial charge in [0, 0.05) is 11.4 Å². The van der Waals surface area contributed by atoms with Crippen LogP contribution in [-0.4, -0.2) is 50.3 Å². The maximum Gasteiger partial charge on any atom is 0.338 e. The number of amides is 2. The van der Waals surface area contributed by atoms with Crippen LogP contribution in [0.5, 0.6) is 5.75 Å². The highest BCUT2D eigenvalue weighted by Gasteiger charge is 2.47. The summed E-state index contributed by atoms with van der Waals surface area (Å²) in [5.74, 6) is -1.22. The number of imide groups is 1. The number of carbonyl (C=O) groups is 3. The second-order valence-electron chi connectivity index (χ2n) is 7.86. The average molecular weight is 529 g/mol. The summed E-state index contributed by atoms with van der Waals surface area (Å²) in [5, 5.41) is 1.81. The van der Waals surface area contributed by atoms with Crippen LogP contribution in [-0.2, 0) is 30.9 Å². The normalized spacial score (nSPS) is 16.0. The molecule has 1 unspecified atom stereocenters. The van der Waals surface area contributed by atoms with Gasteiger partial charge in [-0.25, -0.2) is 18.1 Å². The Morgan fingerprint density at radius 1 is 1.08 bits per heavy atom. The fourth-order valence-corrected chi connectivity index (χ4v) is 6.22. The molecule has 11 heteroatoms. The van der Waals surface area contributed by atoms with E-state index in [4.69, 9.17) is 9.47 Å². The van der Waals surface area contributed by atoms with Crippen LogP contribution in [0, 0.1) is 0 Å². The first kappa shape index (κ1) is 25.5. The summed E-state index contributed by atoms with van der Waals surface area (Å²) in [6.07, 6.45) is -0.306. The second kappa shape index (κ2) is 10.6. The van der Waals surface area contributed by atoms with Gasteiger partial charge in [-0.2, -0.15) is 4.31 Å². The molecule has 0 bridgehead atoms. The van der Waals surface area contributed by atoms with Gasteiger partial charge in [0.05, 0.1) is 36.3 Å². The lowest BCUT2D eigenvalue weighted by Crippen LogP contribution is -2.44. The van der Waals surface area contributed by atoms with Crippen LogP contribution in [0.2, 0.25) is 0 Å². The molecule has 4 rings (SSSR count). The van der Waals surface area contributed by atoms with Crippen LogP contribution in [0.4, 0.5) is 5.69 Å². The van der Waals surface area contributed by atoms with Gasteiger partial charge in [-0.1, -0.05) is 6.07 Å². The van der Waals surface area contributed by atoms with E-state index in [9.17, 15) is 22.8 Å². The molecular formula is C25H24N2O7S2. The summed E-state index contributed by atoms with van der Waals surface area (Å²) < 4.78 is 38.5. The minimum Gasteiger partial charge on any atom is -0.497 e. The first-order valence-corrected chi connectivity index (χ1v) is 13.4. The van der Waals surface area contributed by atoms with Gasteiger partial charge in [0.15, 0.2) is 0 Å². The standard InChI is InChI=1S/C25H24N2O7S2/c1-3-34-25(30)17-6-8-18(9-7-17)27-23(28)15-22(24(27)29)26(16-20-5-4-14-35-20)36(31,32)21-12-10-19(33-2)11-13-21/h4-14,22H,3,15-16H2,1-2H3. The van der Waals surface area contributed by atoms with E-state index in [0.717, 1.165) is 14.1 Å². The lowest BCUT2D eigenvalue weighted by atomic mass is 10.2. The first-order valence-electron chi connectivity index (χ1n) is 11.1. The molecule has 0 spiro atoms. The number of rotatable bonds is 9. The van der Waals surface area contributed by atoms with Crippen molar-refractivity contribution in [2.75, 3.05) is 18.6 Å². The SMILES string of the molecule is CCOC(=O)c1ccc(N2C(=O)CC(N(Cc3cccs3)S(=O)(=O)c3ccc(OC)cc3)C2=O)cc1. The predicted octanol–water partition coefficient (Wildman–Crippen LogP) is 3.46. The molecule has 9 nitrogen and oxygen atoms in total. The minimum atomic E-state index is -4.15. The van der Waals surface area contributed by atoms with E-state index in [0.29, 0.717) is 5.75 Å². The smallest absolute Gasteiger partial charge is 0.338 e. The second-order valence-corrected chi connectivity index (χ2v) is 10.8. The van der Waals surface area contributed by atoms with Crippen molar-refractivity contribution in [3.05, 3.63) is 76.5 Å². The summed E-state index contributed by atoms with van der Waals surface area (Å²) in [6.45, 7) is 1.84. The van der Waals surface area contributed by atoms with Crippen molar-refractivity contribution < 1.29 is 32.3 Å². The molecule has 1 atom stereocenters. The molecule has 1 fully saturated rings. The summed E-state index contributed by atoms with van der Waals surface area (Å²) in [4.78, 5) is 40.0. The van der Waals surface area contributed by atoms with E-state index in [1.54, 1.807) is 19.1 Å². The van der Waals surface area contributed by atoms with Crippen LogP contribution >= 0.6 is 11.3 Å². The quantitative estimate of drug-likeness (QED) is 0.309. The Kier molecular flexibility index (Phi) is 7.53. The van der Waals surface area contributed by atoms with Crippen LogP contribution in [0.3, 0.4) is 0 Å². The number of thiophene rings is 1. The summed E-state index contributed by atoms with van der Waals surface area (Å²) in [5.41, 5.74) is 0.524. The number of sulfonamides is 1. The zero-order chi connectivity index (χ0) is 25.9. The number of esters is 1. The Hall–Kier alpha value is -3.54. The van der Waals surface area contributed by atoms with Crippen molar-refractivity contribution in [2.45, 2.75) is 30.8 Å². The summed E-state index contributed by atoms with van der Waals surface area (Å²) in [6, 6.07) is 14.0. The fraction of sp³-hybridized carbons (Fsp3) is 0.240. The van der Waals surface area contributed by atoms with E-state index in [1.165, 1.54) is 67.0 Å². The monoisotopic (exact) mass is 528 g/mol. The van der Waals surface area contributed by atoms with Gasteiger partial charge in [0.1, 0.15) is 11.8 Å². The molecule has 2 aromatic carbocycles. The molecule has 0 N–H and O–H groups in total. The van der Waals surface area contributed by atoms with E-state index in [1.807, 2.05) is 5.38 Å². The summed E-state index contributed by atoms with van der Waals surface area (Å²) >= 11 is 1.36. The van der Waals surface area contributed by atoms with Crippen LogP contribution in [0.25, 0.3) is 0 Å². The molecule has 0 saturated carbocycles. The van der Waals surface area contributed by atoms with Gasteiger partial charge in [-0.3, -0.25) is 9.59 Å². The first-order chi connectivity index (χ1) is 17.3. The number of anilines is 1. The van der Waals surface area contributed by atoms with Crippen molar-refractivity contribution in [1.29, 1.82) is 0 Å². The molecule has 2 heterocycles. The van der Waals surface area contributed by atoms with Crippen LogP contribution < -0.4 is 9.64 Å². The third kappa shape index (κ3) is 5.03. The number of hydrogen-bond donors (Lipinski definition) is 0. The van der Waals surface area contributed by atoms with Crippen molar-refractivity contribution in [3.63, 3.8) is 0 Å². The maximum atomic E-state index is 13.7.